The summed E-state index contributed by atoms with van der Waals surface area (Å²) in [5.74, 6) is -1.71. The van der Waals surface area contributed by atoms with Gasteiger partial charge in [-0.1, -0.05) is 48.5 Å². The monoisotopic (exact) mass is 560 g/mol. The van der Waals surface area contributed by atoms with Gasteiger partial charge in [-0.15, -0.1) is 0 Å². The third kappa shape index (κ3) is 4.98. The highest BCUT2D eigenvalue weighted by Crippen LogP contribution is 2.44. The Morgan fingerprint density at radius 3 is 2.17 bits per heavy atom. The molecule has 3 N–H and O–H groups in total. The fourth-order valence-corrected chi connectivity index (χ4v) is 6.26. The molecule has 4 aromatic rings. The second kappa shape index (κ2) is 10.6. The Morgan fingerprint density at radius 2 is 1.57 bits per heavy atom. The SMILES string of the molecule is CC(C)S(=O)(=O)c1ccc(O)c2nc(C[C@@H](NC(=O)OCC3c4ccccc4-c4ccccc43)C(=O)O)ccc12. The molecular formula is C30H28N2O7S. The molecule has 0 radical (unpaired) electrons. The number of aliphatic carboxylic acids is 1. The van der Waals surface area contributed by atoms with Crippen molar-refractivity contribution in [1.82, 2.24) is 10.3 Å². The highest BCUT2D eigenvalue weighted by molar-refractivity contribution is 7.92. The van der Waals surface area contributed by atoms with Gasteiger partial charge < -0.3 is 20.3 Å². The van der Waals surface area contributed by atoms with Gasteiger partial charge in [-0.25, -0.2) is 23.0 Å². The first kappa shape index (κ1) is 27.1. The molecule has 206 valence electrons. The molecule has 40 heavy (non-hydrogen) atoms. The van der Waals surface area contributed by atoms with Crippen molar-refractivity contribution in [2.45, 2.75) is 42.4 Å². The van der Waals surface area contributed by atoms with Crippen molar-refractivity contribution in [3.63, 3.8) is 0 Å². The van der Waals surface area contributed by atoms with E-state index in [-0.39, 0.29) is 46.2 Å². The molecule has 3 aromatic carbocycles. The Balaban J connectivity index is 1.32. The maximum Gasteiger partial charge on any atom is 0.407 e. The molecule has 0 bridgehead atoms. The van der Waals surface area contributed by atoms with Gasteiger partial charge in [-0.05, 0) is 60.4 Å². The highest BCUT2D eigenvalue weighted by Gasteiger charge is 2.30. The van der Waals surface area contributed by atoms with E-state index >= 15 is 0 Å². The number of hydrogen-bond donors (Lipinski definition) is 3. The largest absolute Gasteiger partial charge is 0.506 e. The number of aromatic hydroxyl groups is 1. The molecule has 0 saturated heterocycles. The van der Waals surface area contributed by atoms with Crippen molar-refractivity contribution in [2.75, 3.05) is 6.61 Å². The van der Waals surface area contributed by atoms with E-state index in [2.05, 4.69) is 10.3 Å². The van der Waals surface area contributed by atoms with Crippen molar-refractivity contribution in [3.05, 3.63) is 89.6 Å². The van der Waals surface area contributed by atoms with Crippen molar-refractivity contribution in [2.24, 2.45) is 0 Å². The second-order valence-electron chi connectivity index (χ2n) is 9.94. The quantitative estimate of drug-likeness (QED) is 0.282. The van der Waals surface area contributed by atoms with Gasteiger partial charge in [0, 0.05) is 23.4 Å². The Morgan fingerprint density at radius 1 is 0.950 bits per heavy atom. The van der Waals surface area contributed by atoms with E-state index in [0.29, 0.717) is 0 Å². The van der Waals surface area contributed by atoms with Crippen LogP contribution < -0.4 is 5.32 Å². The van der Waals surface area contributed by atoms with Gasteiger partial charge in [0.05, 0.1) is 10.1 Å². The number of hydrogen-bond acceptors (Lipinski definition) is 7. The van der Waals surface area contributed by atoms with Crippen molar-refractivity contribution in [3.8, 4) is 16.9 Å². The van der Waals surface area contributed by atoms with Crippen LogP contribution >= 0.6 is 0 Å². The number of aromatic nitrogens is 1. The number of rotatable bonds is 8. The number of phenols is 1. The third-order valence-electron chi connectivity index (χ3n) is 7.13. The van der Waals surface area contributed by atoms with E-state index in [1.54, 1.807) is 13.8 Å². The molecule has 0 aliphatic heterocycles. The minimum absolute atomic E-state index is 0.0286. The number of ether oxygens (including phenoxy) is 1. The smallest absolute Gasteiger partial charge is 0.407 e. The van der Waals surface area contributed by atoms with Crippen LogP contribution in [-0.2, 0) is 25.8 Å². The molecule has 1 aromatic heterocycles. The number of pyridine rings is 1. The molecule has 1 aliphatic carbocycles. The van der Waals surface area contributed by atoms with Crippen LogP contribution in [0.25, 0.3) is 22.0 Å². The molecular weight excluding hydrogens is 532 g/mol. The van der Waals surface area contributed by atoms with Crippen molar-refractivity contribution >= 4 is 32.8 Å². The maximum absolute atomic E-state index is 12.8. The average Bonchev–Trinajstić information content (AvgIpc) is 3.25. The number of alkyl carbamates (subject to hydrolysis) is 1. The minimum atomic E-state index is -3.66. The summed E-state index contributed by atoms with van der Waals surface area (Å²) in [5.41, 5.74) is 4.49. The third-order valence-corrected chi connectivity index (χ3v) is 9.34. The lowest BCUT2D eigenvalue weighted by molar-refractivity contribution is -0.139. The predicted molar refractivity (Wildman–Crippen MR) is 149 cm³/mol. The number of fused-ring (bicyclic) bond motifs is 4. The second-order valence-corrected chi connectivity index (χ2v) is 12.4. The average molecular weight is 561 g/mol. The Hall–Kier alpha value is -4.44. The minimum Gasteiger partial charge on any atom is -0.506 e. The van der Waals surface area contributed by atoms with Crippen LogP contribution in [0.1, 0.15) is 36.6 Å². The molecule has 9 nitrogen and oxygen atoms in total. The number of carboxylic acids is 1. The lowest BCUT2D eigenvalue weighted by atomic mass is 9.98. The molecule has 1 atom stereocenters. The number of carbonyl (C=O) groups excluding carboxylic acids is 1. The topological polar surface area (TPSA) is 143 Å². The fourth-order valence-electron chi connectivity index (χ4n) is 5.02. The Labute approximate surface area is 231 Å². The lowest BCUT2D eigenvalue weighted by Gasteiger charge is -2.18. The van der Waals surface area contributed by atoms with Crippen LogP contribution in [-0.4, -0.2) is 53.6 Å². The Bertz CT molecular complexity index is 1690. The standard InChI is InChI=1S/C30H28N2O7S/c1-17(2)40(37,38)27-14-13-26(33)28-23(27)12-11-18(31-28)15-25(29(34)35)32-30(36)39-16-24-21-9-5-3-7-19(21)20-8-4-6-10-22(20)24/h3-14,17,24-25,33H,15-16H2,1-2H3,(H,32,36)(H,34,35)/t25-/m1/s1. The number of nitrogens with one attached hydrogen (secondary N) is 1. The molecule has 10 heteroatoms. The van der Waals surface area contributed by atoms with Gasteiger partial charge in [0.15, 0.2) is 9.84 Å². The summed E-state index contributed by atoms with van der Waals surface area (Å²) >= 11 is 0. The van der Waals surface area contributed by atoms with Crippen LogP contribution in [0.15, 0.2) is 77.7 Å². The molecule has 0 fully saturated rings. The van der Waals surface area contributed by atoms with E-state index in [4.69, 9.17) is 4.74 Å². The molecule has 0 spiro atoms. The van der Waals surface area contributed by atoms with Crippen LogP contribution in [0.5, 0.6) is 5.75 Å². The van der Waals surface area contributed by atoms with E-state index in [1.165, 1.54) is 24.3 Å². The first-order chi connectivity index (χ1) is 19.1. The normalized spacial score (nSPS) is 13.6. The summed E-state index contributed by atoms with van der Waals surface area (Å²) in [4.78, 5) is 29.0. The number of nitrogens with zero attached hydrogens (tertiary/aromatic N) is 1. The van der Waals surface area contributed by atoms with E-state index in [0.717, 1.165) is 22.3 Å². The summed E-state index contributed by atoms with van der Waals surface area (Å²) in [7, 11) is -3.66. The summed E-state index contributed by atoms with van der Waals surface area (Å²) in [6.45, 7) is 3.14. The van der Waals surface area contributed by atoms with E-state index in [1.807, 2.05) is 48.5 Å². The van der Waals surface area contributed by atoms with Crippen LogP contribution in [0.2, 0.25) is 0 Å². The van der Waals surface area contributed by atoms with Gasteiger partial charge >= 0.3 is 12.1 Å². The van der Waals surface area contributed by atoms with Crippen molar-refractivity contribution in [1.29, 1.82) is 0 Å². The molecule has 1 amide bonds. The molecule has 1 aliphatic rings. The zero-order valence-corrected chi connectivity index (χ0v) is 22.7. The zero-order chi connectivity index (χ0) is 28.6. The number of amides is 1. The Kier molecular flexibility index (Phi) is 7.20. The highest BCUT2D eigenvalue weighted by atomic mass is 32.2. The predicted octanol–water partition coefficient (Wildman–Crippen LogP) is 4.66. The summed E-state index contributed by atoms with van der Waals surface area (Å²) in [5, 5.41) is 22.1. The van der Waals surface area contributed by atoms with Gasteiger partial charge in [0.1, 0.15) is 23.9 Å². The summed E-state index contributed by atoms with van der Waals surface area (Å²) < 4.78 is 31.0. The molecule has 1 heterocycles. The lowest BCUT2D eigenvalue weighted by Crippen LogP contribution is -2.43. The number of carboxylic acid groups (broad SMARTS) is 1. The van der Waals surface area contributed by atoms with Gasteiger partial charge in [0.2, 0.25) is 0 Å². The van der Waals surface area contributed by atoms with E-state index < -0.39 is 33.2 Å². The van der Waals surface area contributed by atoms with Gasteiger partial charge in [-0.2, -0.15) is 0 Å². The summed E-state index contributed by atoms with van der Waals surface area (Å²) in [6, 6.07) is 19.9. The maximum atomic E-state index is 12.8. The van der Waals surface area contributed by atoms with Gasteiger partial charge in [0.25, 0.3) is 0 Å². The molecule has 5 rings (SSSR count). The summed E-state index contributed by atoms with van der Waals surface area (Å²) in [6.07, 6.45) is -1.10. The van der Waals surface area contributed by atoms with Crippen LogP contribution in [0.3, 0.4) is 0 Å². The van der Waals surface area contributed by atoms with Crippen LogP contribution in [0.4, 0.5) is 4.79 Å². The fraction of sp³-hybridized carbons (Fsp3) is 0.233. The number of sulfone groups is 1. The number of carbonyl (C=O) groups is 2. The van der Waals surface area contributed by atoms with Gasteiger partial charge in [-0.3, -0.25) is 0 Å². The van der Waals surface area contributed by atoms with Crippen molar-refractivity contribution < 1.29 is 33.0 Å². The molecule has 0 saturated carbocycles. The zero-order valence-electron chi connectivity index (χ0n) is 21.9. The van der Waals surface area contributed by atoms with Crippen LogP contribution in [0, 0.1) is 0 Å². The number of phenolic OH excluding ortho intramolecular Hbond substituents is 1. The number of benzene rings is 3. The first-order valence-corrected chi connectivity index (χ1v) is 14.3. The molecule has 0 unspecified atom stereocenters. The van der Waals surface area contributed by atoms with E-state index in [9.17, 15) is 28.2 Å². The first-order valence-electron chi connectivity index (χ1n) is 12.8.